The first-order chi connectivity index (χ1) is 15.0. The van der Waals surface area contributed by atoms with Crippen molar-refractivity contribution in [2.24, 2.45) is 0 Å². The molecule has 0 bridgehead atoms. The maximum atomic E-state index is 12.7. The number of pyridine rings is 1. The monoisotopic (exact) mass is 418 g/mol. The second-order valence-corrected chi connectivity index (χ2v) is 7.39. The van der Waals surface area contributed by atoms with E-state index in [9.17, 15) is 14.4 Å². The van der Waals surface area contributed by atoms with E-state index in [0.29, 0.717) is 30.0 Å². The van der Waals surface area contributed by atoms with Gasteiger partial charge in [-0.3, -0.25) is 9.59 Å². The Bertz CT molecular complexity index is 1120. The van der Waals surface area contributed by atoms with Crippen molar-refractivity contribution in [1.82, 2.24) is 4.57 Å². The molecule has 2 aromatic carbocycles. The number of esters is 1. The van der Waals surface area contributed by atoms with Gasteiger partial charge in [0.1, 0.15) is 0 Å². The molecule has 0 aliphatic carbocycles. The van der Waals surface area contributed by atoms with Gasteiger partial charge in [0.2, 0.25) is 0 Å². The van der Waals surface area contributed by atoms with Gasteiger partial charge in [-0.15, -0.1) is 0 Å². The summed E-state index contributed by atoms with van der Waals surface area (Å²) in [6.45, 7) is 4.80. The molecule has 6 heteroatoms. The third-order valence-electron chi connectivity index (χ3n) is 4.79. The summed E-state index contributed by atoms with van der Waals surface area (Å²) in [5.41, 5.74) is 3.27. The molecule has 3 rings (SSSR count). The standard InChI is InChI=1S/C25H26N2O4/c1-3-4-14-31-25(30)20-8-11-22(12-9-20)26-24(29)21-10-13-23(28)27(17-21)16-19-7-5-6-18(2)15-19/h5-13,15,17H,3-4,14,16H2,1-2H3,(H,26,29). The molecule has 1 aromatic heterocycles. The molecule has 0 unspecified atom stereocenters. The second kappa shape index (κ2) is 10.4. The average Bonchev–Trinajstić information content (AvgIpc) is 2.76. The number of unbranched alkanes of at least 4 members (excludes halogenated alkanes) is 1. The molecule has 0 spiro atoms. The zero-order chi connectivity index (χ0) is 22.2. The molecule has 0 atom stereocenters. The Hall–Kier alpha value is -3.67. The van der Waals surface area contributed by atoms with Crippen LogP contribution in [0.3, 0.4) is 0 Å². The zero-order valence-corrected chi connectivity index (χ0v) is 17.8. The third kappa shape index (κ3) is 6.15. The summed E-state index contributed by atoms with van der Waals surface area (Å²) in [6, 6.07) is 17.3. The fraction of sp³-hybridized carbons (Fsp3) is 0.240. The lowest BCUT2D eigenvalue weighted by atomic mass is 10.1. The van der Waals surface area contributed by atoms with E-state index in [0.717, 1.165) is 24.0 Å². The maximum Gasteiger partial charge on any atom is 0.338 e. The Morgan fingerprint density at radius 3 is 2.45 bits per heavy atom. The molecule has 0 saturated heterocycles. The van der Waals surface area contributed by atoms with Crippen LogP contribution in [0.25, 0.3) is 0 Å². The number of carbonyl (C=O) groups excluding carboxylic acids is 2. The number of aromatic nitrogens is 1. The van der Waals surface area contributed by atoms with Gasteiger partial charge in [-0.2, -0.15) is 0 Å². The number of ether oxygens (including phenoxy) is 1. The van der Waals surface area contributed by atoms with Crippen LogP contribution >= 0.6 is 0 Å². The topological polar surface area (TPSA) is 77.4 Å². The molecule has 1 N–H and O–H groups in total. The third-order valence-corrected chi connectivity index (χ3v) is 4.79. The smallest absolute Gasteiger partial charge is 0.338 e. The highest BCUT2D eigenvalue weighted by Gasteiger charge is 2.11. The number of aryl methyl sites for hydroxylation is 1. The first-order valence-electron chi connectivity index (χ1n) is 10.3. The average molecular weight is 418 g/mol. The number of nitrogens with zero attached hydrogens (tertiary/aromatic N) is 1. The lowest BCUT2D eigenvalue weighted by Crippen LogP contribution is -2.22. The van der Waals surface area contributed by atoms with Gasteiger partial charge in [0.25, 0.3) is 11.5 Å². The van der Waals surface area contributed by atoms with Gasteiger partial charge in [0, 0.05) is 18.0 Å². The van der Waals surface area contributed by atoms with E-state index in [4.69, 9.17) is 4.74 Å². The predicted molar refractivity (Wildman–Crippen MR) is 121 cm³/mol. The largest absolute Gasteiger partial charge is 0.462 e. The zero-order valence-electron chi connectivity index (χ0n) is 17.8. The van der Waals surface area contributed by atoms with E-state index < -0.39 is 0 Å². The molecule has 0 aliphatic rings. The van der Waals surface area contributed by atoms with Crippen LogP contribution in [0, 0.1) is 6.92 Å². The van der Waals surface area contributed by atoms with Gasteiger partial charge in [-0.05, 0) is 49.2 Å². The van der Waals surface area contributed by atoms with E-state index in [1.165, 1.54) is 16.7 Å². The van der Waals surface area contributed by atoms with Crippen molar-refractivity contribution < 1.29 is 14.3 Å². The van der Waals surface area contributed by atoms with Crippen molar-refractivity contribution in [3.05, 3.63) is 99.5 Å². The molecule has 160 valence electrons. The summed E-state index contributed by atoms with van der Waals surface area (Å²) in [5.74, 6) is -0.717. The Labute approximate surface area is 181 Å². The van der Waals surface area contributed by atoms with Gasteiger partial charge >= 0.3 is 5.97 Å². The highest BCUT2D eigenvalue weighted by Crippen LogP contribution is 2.13. The fourth-order valence-corrected chi connectivity index (χ4v) is 3.08. The summed E-state index contributed by atoms with van der Waals surface area (Å²) < 4.78 is 6.69. The number of nitrogens with one attached hydrogen (secondary N) is 1. The van der Waals surface area contributed by atoms with Crippen LogP contribution in [-0.2, 0) is 11.3 Å². The minimum atomic E-state index is -0.380. The van der Waals surface area contributed by atoms with Crippen molar-refractivity contribution in [3.8, 4) is 0 Å². The molecule has 0 saturated carbocycles. The van der Waals surface area contributed by atoms with Crippen molar-refractivity contribution >= 4 is 17.6 Å². The van der Waals surface area contributed by atoms with Gasteiger partial charge in [-0.1, -0.05) is 43.2 Å². The van der Waals surface area contributed by atoms with Gasteiger partial charge in [-0.25, -0.2) is 4.79 Å². The lowest BCUT2D eigenvalue weighted by Gasteiger charge is -2.10. The maximum absolute atomic E-state index is 12.7. The normalized spacial score (nSPS) is 10.5. The van der Waals surface area contributed by atoms with E-state index in [2.05, 4.69) is 5.32 Å². The molecular weight excluding hydrogens is 392 g/mol. The fourth-order valence-electron chi connectivity index (χ4n) is 3.08. The minimum Gasteiger partial charge on any atom is -0.462 e. The lowest BCUT2D eigenvalue weighted by molar-refractivity contribution is 0.0499. The number of anilines is 1. The summed E-state index contributed by atoms with van der Waals surface area (Å²) >= 11 is 0. The van der Waals surface area contributed by atoms with Crippen LogP contribution in [0.15, 0.2) is 71.7 Å². The van der Waals surface area contributed by atoms with Crippen molar-refractivity contribution in [2.75, 3.05) is 11.9 Å². The van der Waals surface area contributed by atoms with Gasteiger partial charge < -0.3 is 14.6 Å². The molecule has 3 aromatic rings. The van der Waals surface area contributed by atoms with Crippen molar-refractivity contribution in [2.45, 2.75) is 33.2 Å². The minimum absolute atomic E-state index is 0.177. The van der Waals surface area contributed by atoms with E-state index in [1.54, 1.807) is 30.5 Å². The van der Waals surface area contributed by atoms with Crippen molar-refractivity contribution in [3.63, 3.8) is 0 Å². The summed E-state index contributed by atoms with van der Waals surface area (Å²) in [7, 11) is 0. The molecule has 1 heterocycles. The SMILES string of the molecule is CCCCOC(=O)c1ccc(NC(=O)c2ccc(=O)n(Cc3cccc(C)c3)c2)cc1. The number of carbonyl (C=O) groups is 2. The Balaban J connectivity index is 1.67. The number of rotatable bonds is 8. The number of benzene rings is 2. The Kier molecular flexibility index (Phi) is 7.38. The summed E-state index contributed by atoms with van der Waals surface area (Å²) in [4.78, 5) is 36.9. The van der Waals surface area contributed by atoms with Gasteiger partial charge in [0.15, 0.2) is 0 Å². The molecule has 0 fully saturated rings. The van der Waals surface area contributed by atoms with Crippen LogP contribution in [0.5, 0.6) is 0 Å². The van der Waals surface area contributed by atoms with Crippen LogP contribution in [-0.4, -0.2) is 23.1 Å². The molecule has 0 radical (unpaired) electrons. The Morgan fingerprint density at radius 1 is 1.00 bits per heavy atom. The number of hydrogen-bond donors (Lipinski definition) is 1. The molecule has 6 nitrogen and oxygen atoms in total. The van der Waals surface area contributed by atoms with Crippen molar-refractivity contribution in [1.29, 1.82) is 0 Å². The summed E-state index contributed by atoms with van der Waals surface area (Å²) in [5, 5.41) is 2.79. The van der Waals surface area contributed by atoms with Crippen LogP contribution < -0.4 is 10.9 Å². The number of hydrogen-bond acceptors (Lipinski definition) is 4. The first-order valence-corrected chi connectivity index (χ1v) is 10.3. The molecule has 0 aliphatic heterocycles. The van der Waals surface area contributed by atoms with Crippen LogP contribution in [0.1, 0.15) is 51.6 Å². The predicted octanol–water partition coefficient (Wildman–Crippen LogP) is 4.41. The van der Waals surface area contributed by atoms with Crippen LogP contribution in [0.4, 0.5) is 5.69 Å². The van der Waals surface area contributed by atoms with E-state index in [1.807, 2.05) is 38.1 Å². The molecule has 31 heavy (non-hydrogen) atoms. The van der Waals surface area contributed by atoms with E-state index >= 15 is 0 Å². The van der Waals surface area contributed by atoms with Gasteiger partial charge in [0.05, 0.1) is 24.3 Å². The highest BCUT2D eigenvalue weighted by molar-refractivity contribution is 6.04. The molecule has 1 amide bonds. The number of amides is 1. The first kappa shape index (κ1) is 22.0. The second-order valence-electron chi connectivity index (χ2n) is 7.39. The summed E-state index contributed by atoms with van der Waals surface area (Å²) in [6.07, 6.45) is 3.34. The highest BCUT2D eigenvalue weighted by atomic mass is 16.5. The molecular formula is C25H26N2O4. The van der Waals surface area contributed by atoms with E-state index in [-0.39, 0.29) is 17.4 Å². The van der Waals surface area contributed by atoms with Crippen LogP contribution in [0.2, 0.25) is 0 Å². The quantitative estimate of drug-likeness (QED) is 0.434. The Morgan fingerprint density at radius 2 is 1.74 bits per heavy atom.